The van der Waals surface area contributed by atoms with Crippen molar-refractivity contribution in [1.82, 2.24) is 14.8 Å². The van der Waals surface area contributed by atoms with Gasteiger partial charge in [-0.15, -0.1) is 0 Å². The Balaban J connectivity index is 1.08. The monoisotopic (exact) mass is 618 g/mol. The number of hydrogen-bond acceptors (Lipinski definition) is 6. The van der Waals surface area contributed by atoms with E-state index in [-0.39, 0.29) is 44.8 Å². The summed E-state index contributed by atoms with van der Waals surface area (Å²) in [4.78, 5) is 34.9. The lowest BCUT2D eigenvalue weighted by Crippen LogP contribution is -2.70. The van der Waals surface area contributed by atoms with E-state index >= 15 is 8.78 Å². The van der Waals surface area contributed by atoms with Gasteiger partial charge in [-0.1, -0.05) is 48.5 Å². The molecule has 6 rings (SSSR count). The van der Waals surface area contributed by atoms with Gasteiger partial charge in [-0.05, 0) is 69.4 Å². The number of hydrogen-bond donors (Lipinski definition) is 0. The molecular weight excluding hydrogens is 578 g/mol. The zero-order valence-electron chi connectivity index (χ0n) is 26.3. The van der Waals surface area contributed by atoms with Crippen LogP contribution in [-0.2, 0) is 22.5 Å². The number of halogens is 2. The lowest BCUT2D eigenvalue weighted by molar-refractivity contribution is -0.227. The maximum absolute atomic E-state index is 15.4. The van der Waals surface area contributed by atoms with Crippen LogP contribution in [0.25, 0.3) is 11.3 Å². The minimum Gasteiger partial charge on any atom is -0.444 e. The second-order valence-electron chi connectivity index (χ2n) is 13.4. The van der Waals surface area contributed by atoms with Gasteiger partial charge < -0.3 is 14.4 Å². The molecule has 1 aromatic heterocycles. The van der Waals surface area contributed by atoms with Crippen LogP contribution in [0.15, 0.2) is 66.9 Å². The number of carbonyl (C=O) groups is 2. The lowest BCUT2D eigenvalue weighted by Gasteiger charge is -2.58. The van der Waals surface area contributed by atoms with Gasteiger partial charge in [0.2, 0.25) is 0 Å². The van der Waals surface area contributed by atoms with Crippen LogP contribution in [-0.4, -0.2) is 71.2 Å². The summed E-state index contributed by atoms with van der Waals surface area (Å²) in [6.45, 7) is 8.10. The molecule has 238 valence electrons. The summed E-state index contributed by atoms with van der Waals surface area (Å²) >= 11 is 0. The van der Waals surface area contributed by atoms with Crippen LogP contribution >= 0.6 is 0 Å². The van der Waals surface area contributed by atoms with Gasteiger partial charge in [0, 0.05) is 44.0 Å². The molecule has 0 saturated carbocycles. The number of piperidine rings is 1. The van der Waals surface area contributed by atoms with Crippen molar-refractivity contribution in [2.24, 2.45) is 5.41 Å². The van der Waals surface area contributed by atoms with Crippen molar-refractivity contribution < 1.29 is 27.8 Å². The maximum atomic E-state index is 15.4. The van der Waals surface area contributed by atoms with E-state index in [0.29, 0.717) is 13.0 Å². The molecule has 2 aromatic carbocycles. The van der Waals surface area contributed by atoms with Crippen molar-refractivity contribution in [3.8, 4) is 11.3 Å². The molecule has 2 fully saturated rings. The normalized spacial score (nSPS) is 19.5. The number of aromatic nitrogens is 1. The van der Waals surface area contributed by atoms with Crippen LogP contribution < -0.4 is 4.90 Å². The summed E-state index contributed by atoms with van der Waals surface area (Å²) < 4.78 is 41.7. The molecule has 1 unspecified atom stereocenters. The van der Waals surface area contributed by atoms with Crippen LogP contribution in [0.5, 0.6) is 0 Å². The molecule has 0 bridgehead atoms. The Morgan fingerprint density at radius 3 is 2.38 bits per heavy atom. The summed E-state index contributed by atoms with van der Waals surface area (Å²) in [5, 5.41) is 0. The Morgan fingerprint density at radius 1 is 0.956 bits per heavy atom. The van der Waals surface area contributed by atoms with Crippen LogP contribution in [0.4, 0.5) is 24.1 Å². The van der Waals surface area contributed by atoms with Gasteiger partial charge in [0.15, 0.2) is 0 Å². The number of likely N-dealkylation sites (tertiary alicyclic amines) is 2. The topological polar surface area (TPSA) is 75.2 Å². The van der Waals surface area contributed by atoms with E-state index in [1.165, 1.54) is 0 Å². The van der Waals surface area contributed by atoms with E-state index in [1.807, 2.05) is 78.7 Å². The molecule has 0 aliphatic carbocycles. The molecular formula is C35H40F2N4O4. The molecule has 3 aliphatic heterocycles. The molecule has 2 saturated heterocycles. The molecule has 4 heterocycles. The van der Waals surface area contributed by atoms with E-state index in [4.69, 9.17) is 14.5 Å². The molecule has 3 aliphatic rings. The van der Waals surface area contributed by atoms with Crippen molar-refractivity contribution in [3.05, 3.63) is 83.6 Å². The smallest absolute Gasteiger partial charge is 0.414 e. The molecule has 0 radical (unpaired) electrons. The summed E-state index contributed by atoms with van der Waals surface area (Å²) in [6.07, 6.45) is 1.68. The third-order valence-corrected chi connectivity index (χ3v) is 9.23. The van der Waals surface area contributed by atoms with E-state index in [2.05, 4.69) is 0 Å². The molecule has 3 aromatic rings. The minimum atomic E-state index is -3.00. The highest BCUT2D eigenvalue weighted by molar-refractivity contribution is 5.92. The fourth-order valence-corrected chi connectivity index (χ4v) is 6.58. The van der Waals surface area contributed by atoms with Crippen LogP contribution in [0.2, 0.25) is 0 Å². The standard InChI is InChI=1S/C35H40F2N4O4/c1-24(40-21-34(22-40)16-18-39(23-35(34,36)37)31(42)45-33(2,3)4)26-13-14-29(38-19-26)27-11-8-12-30-28(27)15-17-41(30)32(43)44-20-25-9-6-5-7-10-25/h5-14,19,24H,15-18,20-23H2,1-4H3. The van der Waals surface area contributed by atoms with Crippen LogP contribution in [0.3, 0.4) is 0 Å². The Kier molecular flexibility index (Phi) is 8.05. The van der Waals surface area contributed by atoms with E-state index in [0.717, 1.165) is 38.5 Å². The number of alkyl halides is 2. The lowest BCUT2D eigenvalue weighted by atomic mass is 9.68. The quantitative estimate of drug-likeness (QED) is 0.304. The number of nitrogens with zero attached hydrogens (tertiary/aromatic N) is 4. The van der Waals surface area contributed by atoms with E-state index < -0.39 is 29.6 Å². The average Bonchev–Trinajstić information content (AvgIpc) is 3.42. The third-order valence-electron chi connectivity index (χ3n) is 9.23. The molecule has 2 amide bonds. The minimum absolute atomic E-state index is 0.0896. The van der Waals surface area contributed by atoms with Gasteiger partial charge in [0.1, 0.15) is 12.2 Å². The Bertz CT molecular complexity index is 1550. The average molecular weight is 619 g/mol. The highest BCUT2D eigenvalue weighted by atomic mass is 19.3. The Morgan fingerprint density at radius 2 is 1.71 bits per heavy atom. The van der Waals surface area contributed by atoms with Gasteiger partial charge >= 0.3 is 12.2 Å². The van der Waals surface area contributed by atoms with E-state index in [1.54, 1.807) is 25.7 Å². The van der Waals surface area contributed by atoms with Crippen molar-refractivity contribution in [3.63, 3.8) is 0 Å². The van der Waals surface area contributed by atoms with E-state index in [9.17, 15) is 9.59 Å². The van der Waals surface area contributed by atoms with Gasteiger partial charge in [-0.3, -0.25) is 14.8 Å². The molecule has 10 heteroatoms. The van der Waals surface area contributed by atoms with Gasteiger partial charge in [0.05, 0.1) is 23.3 Å². The van der Waals surface area contributed by atoms with Gasteiger partial charge in [-0.2, -0.15) is 0 Å². The molecule has 8 nitrogen and oxygen atoms in total. The Labute approximate surface area is 262 Å². The number of carbonyl (C=O) groups excluding carboxylic acids is 2. The highest BCUT2D eigenvalue weighted by Crippen LogP contribution is 2.52. The van der Waals surface area contributed by atoms with Crippen molar-refractivity contribution in [2.45, 2.75) is 64.7 Å². The van der Waals surface area contributed by atoms with Crippen molar-refractivity contribution in [2.75, 3.05) is 37.6 Å². The largest absolute Gasteiger partial charge is 0.444 e. The first-order valence-corrected chi connectivity index (χ1v) is 15.5. The zero-order valence-corrected chi connectivity index (χ0v) is 26.3. The number of benzene rings is 2. The third kappa shape index (κ3) is 6.12. The summed E-state index contributed by atoms with van der Waals surface area (Å²) in [5.74, 6) is -3.00. The first-order valence-electron chi connectivity index (χ1n) is 15.5. The van der Waals surface area contributed by atoms with Crippen LogP contribution in [0, 0.1) is 5.41 Å². The predicted molar refractivity (Wildman–Crippen MR) is 167 cm³/mol. The Hall–Kier alpha value is -4.05. The number of fused-ring (bicyclic) bond motifs is 1. The molecule has 1 spiro atoms. The first kappa shape index (κ1) is 31.0. The number of pyridine rings is 1. The number of anilines is 1. The molecule has 0 N–H and O–H groups in total. The highest BCUT2D eigenvalue weighted by Gasteiger charge is 2.63. The predicted octanol–water partition coefficient (Wildman–Crippen LogP) is 7.09. The molecule has 1 atom stereocenters. The summed E-state index contributed by atoms with van der Waals surface area (Å²) in [6, 6.07) is 19.3. The second-order valence-corrected chi connectivity index (χ2v) is 13.4. The SMILES string of the molecule is CC(c1ccc(-c2cccc3c2CCN3C(=O)OCc2ccccc2)nc1)N1CC2(CCN(C(=O)OC(C)(C)C)CC2(F)F)C1. The maximum Gasteiger partial charge on any atom is 0.414 e. The molecule has 45 heavy (non-hydrogen) atoms. The van der Waals surface area contributed by atoms with Crippen molar-refractivity contribution >= 4 is 17.9 Å². The summed E-state index contributed by atoms with van der Waals surface area (Å²) in [5.41, 5.74) is 3.64. The van der Waals surface area contributed by atoms with Crippen LogP contribution in [0.1, 0.15) is 56.8 Å². The zero-order chi connectivity index (χ0) is 32.0. The number of rotatable bonds is 5. The van der Waals surface area contributed by atoms with Crippen molar-refractivity contribution in [1.29, 1.82) is 0 Å². The first-order chi connectivity index (χ1) is 21.4. The summed E-state index contributed by atoms with van der Waals surface area (Å²) in [7, 11) is 0. The fourth-order valence-electron chi connectivity index (χ4n) is 6.58. The second kappa shape index (κ2) is 11.7. The number of ether oxygens (including phenoxy) is 2. The number of amides is 2. The fraction of sp³-hybridized carbons (Fsp3) is 0.457. The van der Waals surface area contributed by atoms with Gasteiger partial charge in [-0.25, -0.2) is 18.4 Å². The van der Waals surface area contributed by atoms with Gasteiger partial charge in [0.25, 0.3) is 5.92 Å².